The lowest BCUT2D eigenvalue weighted by atomic mass is 9.91. The Morgan fingerprint density at radius 1 is 1.29 bits per heavy atom. The van der Waals surface area contributed by atoms with Crippen LogP contribution in [0.15, 0.2) is 0 Å². The van der Waals surface area contributed by atoms with Crippen molar-refractivity contribution in [1.29, 1.82) is 0 Å². The van der Waals surface area contributed by atoms with Crippen LogP contribution in [0.4, 0.5) is 0 Å². The molecule has 2 atom stereocenters. The van der Waals surface area contributed by atoms with E-state index >= 15 is 0 Å². The van der Waals surface area contributed by atoms with Crippen LogP contribution in [0.5, 0.6) is 0 Å². The first-order valence-corrected chi connectivity index (χ1v) is 8.23. The van der Waals surface area contributed by atoms with Gasteiger partial charge in [-0.2, -0.15) is 11.8 Å². The van der Waals surface area contributed by atoms with E-state index in [1.54, 1.807) is 0 Å². The normalized spacial score (nSPS) is 16.8. The van der Waals surface area contributed by atoms with Crippen LogP contribution in [0, 0.1) is 5.92 Å². The van der Waals surface area contributed by atoms with Crippen molar-refractivity contribution in [3.8, 4) is 0 Å². The van der Waals surface area contributed by atoms with E-state index in [0.29, 0.717) is 0 Å². The Balaban J connectivity index is 3.75. The van der Waals surface area contributed by atoms with E-state index in [1.165, 1.54) is 24.3 Å². The van der Waals surface area contributed by atoms with Gasteiger partial charge in [-0.05, 0) is 43.2 Å². The first-order valence-electron chi connectivity index (χ1n) is 7.07. The van der Waals surface area contributed by atoms with Crippen LogP contribution < -0.4 is 5.32 Å². The van der Waals surface area contributed by atoms with Gasteiger partial charge in [-0.1, -0.05) is 34.1 Å². The third-order valence-electron chi connectivity index (χ3n) is 3.57. The molecule has 0 spiro atoms. The van der Waals surface area contributed by atoms with E-state index < -0.39 is 0 Å². The molecular formula is C14H31NOS. The van der Waals surface area contributed by atoms with Crippen molar-refractivity contribution in [3.63, 3.8) is 0 Å². The van der Waals surface area contributed by atoms with Gasteiger partial charge in [-0.25, -0.2) is 0 Å². The third-order valence-corrected chi connectivity index (χ3v) is 4.96. The molecule has 0 saturated carbocycles. The average molecular weight is 261 g/mol. The maximum atomic E-state index is 9.52. The van der Waals surface area contributed by atoms with Gasteiger partial charge >= 0.3 is 0 Å². The number of thioether (sulfide) groups is 1. The summed E-state index contributed by atoms with van der Waals surface area (Å²) in [6, 6.07) is 0. The molecular weight excluding hydrogens is 230 g/mol. The lowest BCUT2D eigenvalue weighted by molar-refractivity contribution is 0.148. The largest absolute Gasteiger partial charge is 0.394 e. The fraction of sp³-hybridized carbons (Fsp3) is 1.00. The molecule has 2 nitrogen and oxygen atoms in total. The fourth-order valence-electron chi connectivity index (χ4n) is 1.93. The maximum Gasteiger partial charge on any atom is 0.0613 e. The Kier molecular flexibility index (Phi) is 10.4. The molecule has 0 rings (SSSR count). The first-order chi connectivity index (χ1) is 8.14. The van der Waals surface area contributed by atoms with Gasteiger partial charge in [-0.15, -0.1) is 0 Å². The summed E-state index contributed by atoms with van der Waals surface area (Å²) in [5.74, 6) is 3.33. The van der Waals surface area contributed by atoms with Crippen molar-refractivity contribution >= 4 is 11.8 Å². The monoisotopic (exact) mass is 261 g/mol. The predicted octanol–water partition coefficient (Wildman–Crippen LogP) is 3.30. The zero-order chi connectivity index (χ0) is 13.1. The summed E-state index contributed by atoms with van der Waals surface area (Å²) in [6.45, 7) is 10.0. The number of likely N-dealkylation sites (N-methyl/N-ethyl adjacent to an activating group) is 1. The number of aliphatic hydroxyl groups excluding tert-OH is 1. The molecule has 0 saturated heterocycles. The number of hydrogen-bond donors (Lipinski definition) is 2. The van der Waals surface area contributed by atoms with Gasteiger partial charge in [0, 0.05) is 5.54 Å². The van der Waals surface area contributed by atoms with E-state index in [1.807, 2.05) is 0 Å². The Bertz CT molecular complexity index is 172. The first kappa shape index (κ1) is 17.3. The van der Waals surface area contributed by atoms with Crippen molar-refractivity contribution in [2.45, 2.75) is 58.9 Å². The zero-order valence-electron chi connectivity index (χ0n) is 12.1. The van der Waals surface area contributed by atoms with Crippen molar-refractivity contribution < 1.29 is 5.11 Å². The van der Waals surface area contributed by atoms with Crippen molar-refractivity contribution in [1.82, 2.24) is 5.32 Å². The van der Waals surface area contributed by atoms with Crippen molar-refractivity contribution in [2.75, 3.05) is 24.7 Å². The highest BCUT2D eigenvalue weighted by molar-refractivity contribution is 7.99. The molecule has 2 unspecified atom stereocenters. The summed E-state index contributed by atoms with van der Waals surface area (Å²) in [5, 5.41) is 13.0. The lowest BCUT2D eigenvalue weighted by Gasteiger charge is -2.31. The van der Waals surface area contributed by atoms with E-state index in [2.05, 4.69) is 44.8 Å². The number of rotatable bonds is 11. The summed E-state index contributed by atoms with van der Waals surface area (Å²) in [4.78, 5) is 0. The second-order valence-electron chi connectivity index (χ2n) is 5.01. The summed E-state index contributed by atoms with van der Waals surface area (Å²) in [7, 11) is 0. The van der Waals surface area contributed by atoms with E-state index in [0.717, 1.165) is 25.3 Å². The Labute approximate surface area is 112 Å². The molecule has 104 valence electrons. The molecule has 0 aromatic rings. The minimum Gasteiger partial charge on any atom is -0.394 e. The molecule has 0 aliphatic heterocycles. The van der Waals surface area contributed by atoms with Gasteiger partial charge in [-0.3, -0.25) is 0 Å². The average Bonchev–Trinajstić information content (AvgIpc) is 2.36. The van der Waals surface area contributed by atoms with Crippen LogP contribution in [-0.2, 0) is 0 Å². The molecule has 0 aromatic heterocycles. The molecule has 17 heavy (non-hydrogen) atoms. The molecule has 0 aliphatic rings. The standard InChI is InChI=1S/C14H31NOS/c1-5-13(4)11-17-10-8-9-14(6-2,12-16)15-7-3/h13,15-16H,5-12H2,1-4H3. The number of aliphatic hydroxyl groups is 1. The van der Waals surface area contributed by atoms with Crippen LogP contribution in [-0.4, -0.2) is 35.3 Å². The summed E-state index contributed by atoms with van der Waals surface area (Å²) in [6.07, 6.45) is 4.57. The molecule has 3 heteroatoms. The summed E-state index contributed by atoms with van der Waals surface area (Å²) >= 11 is 2.06. The van der Waals surface area contributed by atoms with Crippen molar-refractivity contribution in [3.05, 3.63) is 0 Å². The van der Waals surface area contributed by atoms with E-state index in [4.69, 9.17) is 0 Å². The van der Waals surface area contributed by atoms with Crippen LogP contribution in [0.2, 0.25) is 0 Å². The number of nitrogens with one attached hydrogen (secondary N) is 1. The molecule has 0 aliphatic carbocycles. The van der Waals surface area contributed by atoms with Gasteiger partial charge in [0.1, 0.15) is 0 Å². The van der Waals surface area contributed by atoms with Gasteiger partial charge < -0.3 is 10.4 Å². The molecule has 2 N–H and O–H groups in total. The summed E-state index contributed by atoms with van der Waals surface area (Å²) < 4.78 is 0. The van der Waals surface area contributed by atoms with Gasteiger partial charge in [0.25, 0.3) is 0 Å². The highest BCUT2D eigenvalue weighted by Crippen LogP contribution is 2.20. The van der Waals surface area contributed by atoms with Crippen molar-refractivity contribution in [2.24, 2.45) is 5.92 Å². The Morgan fingerprint density at radius 2 is 2.00 bits per heavy atom. The molecule has 0 radical (unpaired) electrons. The Morgan fingerprint density at radius 3 is 2.47 bits per heavy atom. The smallest absolute Gasteiger partial charge is 0.0613 e. The highest BCUT2D eigenvalue weighted by atomic mass is 32.2. The maximum absolute atomic E-state index is 9.52. The van der Waals surface area contributed by atoms with Gasteiger partial charge in [0.2, 0.25) is 0 Å². The second-order valence-corrected chi connectivity index (χ2v) is 6.16. The minimum absolute atomic E-state index is 0.0360. The van der Waals surface area contributed by atoms with Crippen LogP contribution >= 0.6 is 11.8 Å². The second kappa shape index (κ2) is 10.2. The van der Waals surface area contributed by atoms with E-state index in [-0.39, 0.29) is 12.1 Å². The third kappa shape index (κ3) is 7.32. The topological polar surface area (TPSA) is 32.3 Å². The fourth-order valence-corrected chi connectivity index (χ4v) is 3.08. The molecule has 0 heterocycles. The highest BCUT2D eigenvalue weighted by Gasteiger charge is 2.25. The Hall–Kier alpha value is 0.270. The SMILES string of the molecule is CCNC(CC)(CO)CCCSCC(C)CC. The zero-order valence-corrected chi connectivity index (χ0v) is 12.9. The predicted molar refractivity (Wildman–Crippen MR) is 79.8 cm³/mol. The quantitative estimate of drug-likeness (QED) is 0.560. The van der Waals surface area contributed by atoms with Crippen LogP contribution in [0.3, 0.4) is 0 Å². The lowest BCUT2D eigenvalue weighted by Crippen LogP contribution is -2.48. The van der Waals surface area contributed by atoms with Gasteiger partial charge in [0.15, 0.2) is 0 Å². The van der Waals surface area contributed by atoms with Gasteiger partial charge in [0.05, 0.1) is 6.61 Å². The summed E-state index contributed by atoms with van der Waals surface area (Å²) in [5.41, 5.74) is -0.0360. The molecule has 0 bridgehead atoms. The molecule has 0 amide bonds. The number of hydrogen-bond acceptors (Lipinski definition) is 3. The molecule has 0 fully saturated rings. The minimum atomic E-state index is -0.0360. The van der Waals surface area contributed by atoms with Crippen LogP contribution in [0.25, 0.3) is 0 Å². The van der Waals surface area contributed by atoms with E-state index in [9.17, 15) is 5.11 Å². The van der Waals surface area contributed by atoms with Crippen LogP contribution in [0.1, 0.15) is 53.4 Å². The molecule has 0 aromatic carbocycles.